The smallest absolute Gasteiger partial charge is 0.280 e. The molecule has 1 saturated carbocycles. The lowest BCUT2D eigenvalue weighted by atomic mass is 9.76. The molecule has 25 heavy (non-hydrogen) atoms. The van der Waals surface area contributed by atoms with Crippen molar-refractivity contribution in [3.05, 3.63) is 46.3 Å². The van der Waals surface area contributed by atoms with Crippen LogP contribution in [0, 0.1) is 5.92 Å². The van der Waals surface area contributed by atoms with E-state index in [1.165, 1.54) is 47.3 Å². The average molecular weight is 353 g/mol. The zero-order valence-corrected chi connectivity index (χ0v) is 15.2. The zero-order chi connectivity index (χ0) is 17.6. The first kappa shape index (κ1) is 16.3. The van der Waals surface area contributed by atoms with E-state index in [0.29, 0.717) is 5.56 Å². The SMILES string of the molecule is CC1(CCCC2CC2)c2cc(C(=O)N=C(N)N)ccc2-c2sccc21. The Morgan fingerprint density at radius 1 is 1.28 bits per heavy atom. The maximum atomic E-state index is 12.2. The zero-order valence-electron chi connectivity index (χ0n) is 14.4. The van der Waals surface area contributed by atoms with Crippen LogP contribution >= 0.6 is 11.3 Å². The van der Waals surface area contributed by atoms with Gasteiger partial charge in [0, 0.05) is 15.9 Å². The maximum absolute atomic E-state index is 12.2. The number of carbonyl (C=O) groups excluding carboxylic acids is 1. The highest BCUT2D eigenvalue weighted by Gasteiger charge is 2.40. The summed E-state index contributed by atoms with van der Waals surface area (Å²) in [5.41, 5.74) is 15.1. The molecular weight excluding hydrogens is 330 g/mol. The Morgan fingerprint density at radius 2 is 2.08 bits per heavy atom. The molecule has 1 heterocycles. The Bertz CT molecular complexity index is 862. The number of hydrogen-bond acceptors (Lipinski definition) is 2. The topological polar surface area (TPSA) is 81.5 Å². The van der Waals surface area contributed by atoms with E-state index >= 15 is 0 Å². The average Bonchev–Trinajstić information content (AvgIpc) is 3.19. The first-order chi connectivity index (χ1) is 12.0. The summed E-state index contributed by atoms with van der Waals surface area (Å²) in [4.78, 5) is 17.3. The van der Waals surface area contributed by atoms with E-state index in [0.717, 1.165) is 12.3 Å². The van der Waals surface area contributed by atoms with Gasteiger partial charge in [0.1, 0.15) is 0 Å². The number of aliphatic imine (C=N–C) groups is 1. The third-order valence-electron chi connectivity index (χ3n) is 5.58. The van der Waals surface area contributed by atoms with E-state index in [-0.39, 0.29) is 17.3 Å². The molecule has 5 heteroatoms. The third kappa shape index (κ3) is 2.86. The Kier molecular flexibility index (Phi) is 3.91. The molecule has 4 N–H and O–H groups in total. The van der Waals surface area contributed by atoms with Crippen LogP contribution in [0.3, 0.4) is 0 Å². The number of amides is 1. The second-order valence-corrected chi connectivity index (χ2v) is 8.35. The van der Waals surface area contributed by atoms with Gasteiger partial charge in [-0.1, -0.05) is 38.7 Å². The first-order valence-corrected chi connectivity index (χ1v) is 9.74. The van der Waals surface area contributed by atoms with Gasteiger partial charge in [-0.2, -0.15) is 4.99 Å². The summed E-state index contributed by atoms with van der Waals surface area (Å²) < 4.78 is 0. The molecule has 0 saturated heterocycles. The fourth-order valence-electron chi connectivity index (χ4n) is 4.03. The van der Waals surface area contributed by atoms with Crippen LogP contribution in [0.15, 0.2) is 34.6 Å². The summed E-state index contributed by atoms with van der Waals surface area (Å²) in [5.74, 6) is 0.372. The number of benzene rings is 1. The highest BCUT2D eigenvalue weighted by molar-refractivity contribution is 7.14. The second kappa shape index (κ2) is 5.99. The number of rotatable bonds is 5. The summed E-state index contributed by atoms with van der Waals surface area (Å²) >= 11 is 1.78. The van der Waals surface area contributed by atoms with Crippen molar-refractivity contribution >= 4 is 23.2 Å². The monoisotopic (exact) mass is 353 g/mol. The Labute approximate surface area is 152 Å². The van der Waals surface area contributed by atoms with Crippen LogP contribution in [0.1, 0.15) is 60.5 Å². The van der Waals surface area contributed by atoms with Gasteiger partial charge in [0.05, 0.1) is 0 Å². The molecule has 0 radical (unpaired) electrons. The number of guanidine groups is 1. The maximum Gasteiger partial charge on any atom is 0.280 e. The number of nitrogens with zero attached hydrogens (tertiary/aromatic N) is 1. The molecule has 0 bridgehead atoms. The lowest BCUT2D eigenvalue weighted by Gasteiger charge is -2.27. The predicted octanol–water partition coefficient (Wildman–Crippen LogP) is 4.03. The van der Waals surface area contributed by atoms with E-state index in [2.05, 4.69) is 23.4 Å². The van der Waals surface area contributed by atoms with Crippen LogP contribution in [-0.2, 0) is 5.41 Å². The molecule has 2 aliphatic carbocycles. The van der Waals surface area contributed by atoms with Gasteiger partial charge < -0.3 is 11.5 Å². The van der Waals surface area contributed by atoms with Crippen molar-refractivity contribution in [1.82, 2.24) is 0 Å². The van der Waals surface area contributed by atoms with E-state index in [1.54, 1.807) is 11.3 Å². The fourth-order valence-corrected chi connectivity index (χ4v) is 5.10. The van der Waals surface area contributed by atoms with Crippen molar-refractivity contribution in [1.29, 1.82) is 0 Å². The molecular formula is C20H23N3OS. The van der Waals surface area contributed by atoms with Gasteiger partial charge in [0.15, 0.2) is 5.96 Å². The summed E-state index contributed by atoms with van der Waals surface area (Å²) in [5, 5.41) is 2.17. The van der Waals surface area contributed by atoms with E-state index in [9.17, 15) is 4.79 Å². The first-order valence-electron chi connectivity index (χ1n) is 8.86. The van der Waals surface area contributed by atoms with Gasteiger partial charge >= 0.3 is 0 Å². The molecule has 2 aromatic rings. The third-order valence-corrected chi connectivity index (χ3v) is 6.53. The van der Waals surface area contributed by atoms with Crippen LogP contribution in [0.2, 0.25) is 0 Å². The van der Waals surface area contributed by atoms with Gasteiger partial charge in [-0.05, 0) is 52.6 Å². The van der Waals surface area contributed by atoms with Crippen molar-refractivity contribution < 1.29 is 4.79 Å². The van der Waals surface area contributed by atoms with Crippen LogP contribution in [-0.4, -0.2) is 11.9 Å². The number of nitrogens with two attached hydrogens (primary N) is 2. The Hall–Kier alpha value is -2.14. The molecule has 1 atom stereocenters. The van der Waals surface area contributed by atoms with E-state index < -0.39 is 0 Å². The molecule has 2 aliphatic rings. The van der Waals surface area contributed by atoms with Gasteiger partial charge in [-0.25, -0.2) is 0 Å². The predicted molar refractivity (Wildman–Crippen MR) is 103 cm³/mol. The molecule has 1 amide bonds. The summed E-state index contributed by atoms with van der Waals surface area (Å²) in [6, 6.07) is 8.11. The number of carbonyl (C=O) groups is 1. The molecule has 0 aliphatic heterocycles. The highest BCUT2D eigenvalue weighted by Crippen LogP contribution is 2.54. The minimum atomic E-state index is -0.376. The van der Waals surface area contributed by atoms with Gasteiger partial charge in [0.25, 0.3) is 5.91 Å². The normalized spacial score (nSPS) is 20.8. The van der Waals surface area contributed by atoms with Crippen molar-refractivity contribution in [2.24, 2.45) is 22.4 Å². The summed E-state index contributed by atoms with van der Waals surface area (Å²) in [7, 11) is 0. The van der Waals surface area contributed by atoms with Crippen molar-refractivity contribution in [2.75, 3.05) is 0 Å². The molecule has 1 aromatic carbocycles. The minimum Gasteiger partial charge on any atom is -0.370 e. The molecule has 1 fully saturated rings. The standard InChI is InChI=1S/C20H23N3OS/c1-20(9-2-3-12-4-5-12)15-8-10-25-17(15)14-7-6-13(11-16(14)20)18(24)23-19(21)22/h6-8,10-12H,2-5,9H2,1H3,(H4,21,22,23,24). The molecule has 1 aromatic heterocycles. The van der Waals surface area contributed by atoms with Crippen LogP contribution in [0.5, 0.6) is 0 Å². The van der Waals surface area contributed by atoms with Gasteiger partial charge in [0.2, 0.25) is 0 Å². The largest absolute Gasteiger partial charge is 0.370 e. The number of hydrogen-bond donors (Lipinski definition) is 2. The van der Waals surface area contributed by atoms with Crippen molar-refractivity contribution in [3.8, 4) is 10.4 Å². The highest BCUT2D eigenvalue weighted by atomic mass is 32.1. The van der Waals surface area contributed by atoms with Crippen LogP contribution in [0.4, 0.5) is 0 Å². The van der Waals surface area contributed by atoms with Gasteiger partial charge in [-0.15, -0.1) is 11.3 Å². The van der Waals surface area contributed by atoms with E-state index in [4.69, 9.17) is 11.5 Å². The minimum absolute atomic E-state index is 0.0339. The van der Waals surface area contributed by atoms with Crippen LogP contribution in [0.25, 0.3) is 10.4 Å². The van der Waals surface area contributed by atoms with Crippen LogP contribution < -0.4 is 11.5 Å². The fraction of sp³-hybridized carbons (Fsp3) is 0.400. The summed E-state index contributed by atoms with van der Waals surface area (Å²) in [6.07, 6.45) is 6.45. The molecule has 4 rings (SSSR count). The van der Waals surface area contributed by atoms with Gasteiger partial charge in [-0.3, -0.25) is 4.79 Å². The van der Waals surface area contributed by atoms with Crippen molar-refractivity contribution in [2.45, 2.75) is 44.4 Å². The Morgan fingerprint density at radius 3 is 2.80 bits per heavy atom. The van der Waals surface area contributed by atoms with E-state index in [1.807, 2.05) is 18.2 Å². The number of fused-ring (bicyclic) bond motifs is 3. The van der Waals surface area contributed by atoms with Crippen molar-refractivity contribution in [3.63, 3.8) is 0 Å². The lowest BCUT2D eigenvalue weighted by Crippen LogP contribution is -2.24. The molecule has 0 spiro atoms. The lowest BCUT2D eigenvalue weighted by molar-refractivity contribution is 0.100. The molecule has 130 valence electrons. The molecule has 4 nitrogen and oxygen atoms in total. The second-order valence-electron chi connectivity index (χ2n) is 7.43. The summed E-state index contributed by atoms with van der Waals surface area (Å²) in [6.45, 7) is 2.31. The Balaban J connectivity index is 1.71. The quantitative estimate of drug-likeness (QED) is 0.629. The molecule has 1 unspecified atom stereocenters. The number of thiophene rings is 1.